The lowest BCUT2D eigenvalue weighted by molar-refractivity contribution is 0.0692. The maximum atomic E-state index is 13.4. The van der Waals surface area contributed by atoms with E-state index in [4.69, 9.17) is 4.74 Å². The molecule has 4 rings (SSSR count). The predicted molar refractivity (Wildman–Crippen MR) is 111 cm³/mol. The summed E-state index contributed by atoms with van der Waals surface area (Å²) in [5, 5.41) is 10.9. The number of nitrogens with zero attached hydrogens (tertiary/aromatic N) is 4. The van der Waals surface area contributed by atoms with Crippen LogP contribution in [0.2, 0.25) is 0 Å². The lowest BCUT2D eigenvalue weighted by Crippen LogP contribution is -2.46. The highest BCUT2D eigenvalue weighted by molar-refractivity contribution is 5.97. The van der Waals surface area contributed by atoms with Gasteiger partial charge < -0.3 is 15.0 Å². The van der Waals surface area contributed by atoms with Gasteiger partial charge in [0.1, 0.15) is 11.6 Å². The van der Waals surface area contributed by atoms with Crippen molar-refractivity contribution in [3.8, 4) is 11.4 Å². The van der Waals surface area contributed by atoms with Crippen molar-refractivity contribution < 1.29 is 18.7 Å². The molecule has 1 aliphatic rings. The van der Waals surface area contributed by atoms with Gasteiger partial charge in [-0.25, -0.2) is 9.07 Å². The van der Waals surface area contributed by atoms with Crippen molar-refractivity contribution in [1.82, 2.24) is 25.2 Å². The van der Waals surface area contributed by atoms with Gasteiger partial charge in [0, 0.05) is 19.1 Å². The van der Waals surface area contributed by atoms with Crippen LogP contribution in [0, 0.1) is 5.82 Å². The van der Waals surface area contributed by atoms with Crippen LogP contribution >= 0.6 is 0 Å². The summed E-state index contributed by atoms with van der Waals surface area (Å²) < 4.78 is 20.0. The number of likely N-dealkylation sites (tertiary alicyclic amines) is 1. The Bertz CT molecular complexity index is 1090. The first-order chi connectivity index (χ1) is 15.0. The Balaban J connectivity index is 1.35. The molecule has 0 spiro atoms. The number of halogens is 1. The minimum Gasteiger partial charge on any atom is -0.496 e. The number of benzene rings is 2. The Morgan fingerprint density at radius 1 is 1.13 bits per heavy atom. The average Bonchev–Trinajstić information content (AvgIpc) is 3.29. The number of rotatable bonds is 5. The second-order valence-corrected chi connectivity index (χ2v) is 7.27. The van der Waals surface area contributed by atoms with Gasteiger partial charge in [-0.2, -0.15) is 0 Å². The lowest BCUT2D eigenvalue weighted by atomic mass is 10.0. The van der Waals surface area contributed by atoms with Crippen molar-refractivity contribution in [2.75, 3.05) is 20.2 Å². The number of aromatic nitrogens is 3. The van der Waals surface area contributed by atoms with E-state index in [1.807, 2.05) is 6.07 Å². The zero-order valence-corrected chi connectivity index (χ0v) is 17.0. The fourth-order valence-electron chi connectivity index (χ4n) is 3.59. The number of methoxy groups -OCH3 is 1. The molecule has 3 aromatic rings. The highest BCUT2D eigenvalue weighted by Gasteiger charge is 2.27. The van der Waals surface area contributed by atoms with Crippen molar-refractivity contribution in [2.24, 2.45) is 0 Å². The molecule has 1 aliphatic heterocycles. The van der Waals surface area contributed by atoms with Crippen LogP contribution in [0.25, 0.3) is 5.69 Å². The Hall–Kier alpha value is -3.75. The van der Waals surface area contributed by atoms with Crippen LogP contribution in [0.3, 0.4) is 0 Å². The van der Waals surface area contributed by atoms with E-state index in [1.54, 1.807) is 35.2 Å². The van der Waals surface area contributed by atoms with Gasteiger partial charge in [-0.05, 0) is 43.2 Å². The molecular formula is C22H22FN5O3. The smallest absolute Gasteiger partial charge is 0.276 e. The van der Waals surface area contributed by atoms with Crippen molar-refractivity contribution in [3.05, 3.63) is 71.8 Å². The first-order valence-electron chi connectivity index (χ1n) is 9.96. The zero-order valence-electron chi connectivity index (χ0n) is 17.0. The van der Waals surface area contributed by atoms with Gasteiger partial charge in [-0.15, -0.1) is 5.10 Å². The second-order valence-electron chi connectivity index (χ2n) is 7.27. The monoisotopic (exact) mass is 423 g/mol. The van der Waals surface area contributed by atoms with Gasteiger partial charge in [0.25, 0.3) is 11.8 Å². The maximum Gasteiger partial charge on any atom is 0.276 e. The van der Waals surface area contributed by atoms with Gasteiger partial charge in [0.2, 0.25) is 0 Å². The third-order valence-corrected chi connectivity index (χ3v) is 5.25. The van der Waals surface area contributed by atoms with Gasteiger partial charge in [-0.3, -0.25) is 9.59 Å². The van der Waals surface area contributed by atoms with Crippen LogP contribution in [0.5, 0.6) is 5.75 Å². The summed E-state index contributed by atoms with van der Waals surface area (Å²) in [6.45, 7) is 0.977. The molecule has 0 aliphatic carbocycles. The molecule has 1 N–H and O–H groups in total. The average molecular weight is 423 g/mol. The first-order valence-corrected chi connectivity index (χ1v) is 9.96. The van der Waals surface area contributed by atoms with E-state index < -0.39 is 5.82 Å². The molecule has 1 aromatic heterocycles. The van der Waals surface area contributed by atoms with E-state index in [-0.39, 0.29) is 23.6 Å². The van der Waals surface area contributed by atoms with Crippen LogP contribution in [0.4, 0.5) is 4.39 Å². The lowest BCUT2D eigenvalue weighted by Gasteiger charge is -2.32. The van der Waals surface area contributed by atoms with Crippen molar-refractivity contribution in [1.29, 1.82) is 0 Å². The van der Waals surface area contributed by atoms with Gasteiger partial charge in [0.05, 0.1) is 24.6 Å². The molecule has 2 aromatic carbocycles. The largest absolute Gasteiger partial charge is 0.496 e. The van der Waals surface area contributed by atoms with Crippen LogP contribution in [-0.2, 0) is 0 Å². The molecule has 2 amide bonds. The number of ether oxygens (including phenoxy) is 1. The minimum absolute atomic E-state index is 0.0376. The SMILES string of the molecule is COc1ccccc1C(=O)NC1CCN(C(=O)c2cn(-c3cccc(F)c3)nn2)CC1. The van der Waals surface area contributed by atoms with Crippen LogP contribution in [0.1, 0.15) is 33.7 Å². The third-order valence-electron chi connectivity index (χ3n) is 5.25. The van der Waals surface area contributed by atoms with Gasteiger partial charge in [-0.1, -0.05) is 23.4 Å². The molecule has 1 fully saturated rings. The molecule has 0 bridgehead atoms. The van der Waals surface area contributed by atoms with Gasteiger partial charge in [0.15, 0.2) is 5.69 Å². The van der Waals surface area contributed by atoms with Crippen molar-refractivity contribution in [3.63, 3.8) is 0 Å². The second kappa shape index (κ2) is 8.95. The summed E-state index contributed by atoms with van der Waals surface area (Å²) in [6, 6.07) is 12.9. The van der Waals surface area contributed by atoms with E-state index in [0.717, 1.165) is 0 Å². The summed E-state index contributed by atoms with van der Waals surface area (Å²) >= 11 is 0. The van der Waals surface area contributed by atoms with Gasteiger partial charge >= 0.3 is 0 Å². The number of nitrogens with one attached hydrogen (secondary N) is 1. The molecule has 0 atom stereocenters. The minimum atomic E-state index is -0.391. The molecule has 0 saturated carbocycles. The number of carbonyl (C=O) groups is 2. The standard InChI is InChI=1S/C22H22FN5O3/c1-31-20-8-3-2-7-18(20)21(29)24-16-9-11-27(12-10-16)22(30)19-14-28(26-25-19)17-6-4-5-15(23)13-17/h2-8,13-14,16H,9-12H2,1H3,(H,24,29). The highest BCUT2D eigenvalue weighted by Crippen LogP contribution is 2.19. The molecule has 8 nitrogen and oxygen atoms in total. The molecule has 0 unspecified atom stereocenters. The molecule has 0 radical (unpaired) electrons. The molecule has 1 saturated heterocycles. The number of hydrogen-bond acceptors (Lipinski definition) is 5. The number of carbonyl (C=O) groups excluding carboxylic acids is 2. The van der Waals surface area contributed by atoms with Crippen molar-refractivity contribution in [2.45, 2.75) is 18.9 Å². The highest BCUT2D eigenvalue weighted by atomic mass is 19.1. The Kier molecular flexibility index (Phi) is 5.92. The maximum absolute atomic E-state index is 13.4. The molecule has 160 valence electrons. The van der Waals surface area contributed by atoms with Crippen LogP contribution < -0.4 is 10.1 Å². The fraction of sp³-hybridized carbons (Fsp3) is 0.273. The summed E-state index contributed by atoms with van der Waals surface area (Å²) in [5.74, 6) is -0.301. The Labute approximate surface area is 178 Å². The number of amides is 2. The fourth-order valence-corrected chi connectivity index (χ4v) is 3.59. The van der Waals surface area contributed by atoms with Crippen LogP contribution in [0.15, 0.2) is 54.7 Å². The summed E-state index contributed by atoms with van der Waals surface area (Å²) in [4.78, 5) is 27.0. The molecule has 31 heavy (non-hydrogen) atoms. The van der Waals surface area contributed by atoms with E-state index in [1.165, 1.54) is 30.1 Å². The van der Waals surface area contributed by atoms with E-state index in [9.17, 15) is 14.0 Å². The molecule has 2 heterocycles. The van der Waals surface area contributed by atoms with E-state index >= 15 is 0 Å². The quantitative estimate of drug-likeness (QED) is 0.681. The summed E-state index contributed by atoms with van der Waals surface area (Å²) in [7, 11) is 1.53. The number of hydrogen-bond donors (Lipinski definition) is 1. The molecular weight excluding hydrogens is 401 g/mol. The zero-order chi connectivity index (χ0) is 21.8. The summed E-state index contributed by atoms with van der Waals surface area (Å²) in [5.41, 5.74) is 1.17. The Morgan fingerprint density at radius 2 is 1.90 bits per heavy atom. The van der Waals surface area contributed by atoms with Crippen molar-refractivity contribution >= 4 is 11.8 Å². The molecule has 9 heteroatoms. The predicted octanol–water partition coefficient (Wildman–Crippen LogP) is 2.45. The first kappa shape index (κ1) is 20.5. The number of piperidine rings is 1. The normalized spacial score (nSPS) is 14.3. The van der Waals surface area contributed by atoms with Crippen LogP contribution in [-0.4, -0.2) is 57.9 Å². The number of para-hydroxylation sites is 1. The van der Waals surface area contributed by atoms with E-state index in [2.05, 4.69) is 15.6 Å². The topological polar surface area (TPSA) is 89.4 Å². The van der Waals surface area contributed by atoms with E-state index in [0.29, 0.717) is 42.9 Å². The third kappa shape index (κ3) is 4.55. The summed E-state index contributed by atoms with van der Waals surface area (Å²) in [6.07, 6.45) is 2.75. The Morgan fingerprint density at radius 3 is 2.65 bits per heavy atom.